The average molecular weight is 297 g/mol. The van der Waals surface area contributed by atoms with E-state index < -0.39 is 0 Å². The van der Waals surface area contributed by atoms with Crippen LogP contribution in [-0.4, -0.2) is 38.1 Å². The lowest BCUT2D eigenvalue weighted by Gasteiger charge is -2.23. The second kappa shape index (κ2) is 6.35. The number of nitrogen functional groups attached to an aromatic ring is 1. The topological polar surface area (TPSA) is 67.6 Å². The maximum Gasteiger partial charge on any atom is 0.265 e. The molecule has 1 aliphatic rings. The van der Waals surface area contributed by atoms with Crippen LogP contribution in [-0.2, 0) is 0 Å². The van der Waals surface area contributed by atoms with Crippen LogP contribution < -0.4 is 15.8 Å². The van der Waals surface area contributed by atoms with Gasteiger partial charge in [0.15, 0.2) is 5.75 Å². The van der Waals surface area contributed by atoms with Crippen LogP contribution in [0.15, 0.2) is 0 Å². The molecule has 1 aromatic heterocycles. The summed E-state index contributed by atoms with van der Waals surface area (Å²) >= 11 is 1.39. The Morgan fingerprint density at radius 2 is 2.00 bits per heavy atom. The molecule has 1 fully saturated rings. The molecule has 20 heavy (non-hydrogen) atoms. The standard InChI is InChI=1S/C14H23N3O2S/c1-17(2)14(18)12-10(15)11(19-3)13(20-12)16-9-7-5-4-6-8-9/h9,16H,4-8,15H2,1-3H3. The van der Waals surface area contributed by atoms with Crippen LogP contribution in [0, 0.1) is 0 Å². The van der Waals surface area contributed by atoms with Crippen molar-refractivity contribution >= 4 is 27.9 Å². The minimum Gasteiger partial charge on any atom is -0.492 e. The Balaban J connectivity index is 2.23. The molecule has 5 nitrogen and oxygen atoms in total. The molecule has 1 aliphatic carbocycles. The summed E-state index contributed by atoms with van der Waals surface area (Å²) in [5.41, 5.74) is 6.50. The van der Waals surface area contributed by atoms with E-state index >= 15 is 0 Å². The van der Waals surface area contributed by atoms with Crippen molar-refractivity contribution in [2.45, 2.75) is 38.1 Å². The van der Waals surface area contributed by atoms with Gasteiger partial charge < -0.3 is 20.7 Å². The van der Waals surface area contributed by atoms with Gasteiger partial charge in [-0.3, -0.25) is 4.79 Å². The smallest absolute Gasteiger partial charge is 0.265 e. The van der Waals surface area contributed by atoms with Crippen LogP contribution in [0.25, 0.3) is 0 Å². The van der Waals surface area contributed by atoms with Crippen molar-refractivity contribution in [1.29, 1.82) is 0 Å². The molecule has 0 saturated heterocycles. The van der Waals surface area contributed by atoms with Crippen molar-refractivity contribution in [3.05, 3.63) is 4.88 Å². The Morgan fingerprint density at radius 3 is 2.55 bits per heavy atom. The van der Waals surface area contributed by atoms with Gasteiger partial charge in [0.05, 0.1) is 7.11 Å². The Morgan fingerprint density at radius 1 is 1.35 bits per heavy atom. The molecule has 2 rings (SSSR count). The molecule has 1 saturated carbocycles. The van der Waals surface area contributed by atoms with E-state index in [1.54, 1.807) is 21.2 Å². The highest BCUT2D eigenvalue weighted by Crippen LogP contribution is 2.43. The van der Waals surface area contributed by atoms with Gasteiger partial charge in [0.25, 0.3) is 5.91 Å². The molecule has 112 valence electrons. The van der Waals surface area contributed by atoms with Gasteiger partial charge in [-0.05, 0) is 12.8 Å². The van der Waals surface area contributed by atoms with Crippen molar-refractivity contribution in [3.63, 3.8) is 0 Å². The van der Waals surface area contributed by atoms with Crippen LogP contribution in [0.5, 0.6) is 5.75 Å². The third kappa shape index (κ3) is 3.00. The predicted molar refractivity (Wildman–Crippen MR) is 83.8 cm³/mol. The summed E-state index contributed by atoms with van der Waals surface area (Å²) in [6.07, 6.45) is 6.15. The number of ether oxygens (including phenoxy) is 1. The van der Waals surface area contributed by atoms with E-state index in [1.807, 2.05) is 0 Å². The zero-order valence-electron chi connectivity index (χ0n) is 12.4. The number of amides is 1. The minimum atomic E-state index is -0.0810. The zero-order chi connectivity index (χ0) is 14.7. The Labute approximate surface area is 124 Å². The van der Waals surface area contributed by atoms with E-state index in [0.717, 1.165) is 17.8 Å². The van der Waals surface area contributed by atoms with Gasteiger partial charge in [0, 0.05) is 20.1 Å². The first kappa shape index (κ1) is 15.0. The van der Waals surface area contributed by atoms with Crippen molar-refractivity contribution in [2.75, 3.05) is 32.3 Å². The summed E-state index contributed by atoms with van der Waals surface area (Å²) in [7, 11) is 5.04. The number of nitrogens with one attached hydrogen (secondary N) is 1. The van der Waals surface area contributed by atoms with Gasteiger partial charge >= 0.3 is 0 Å². The van der Waals surface area contributed by atoms with Gasteiger partial charge in [-0.2, -0.15) is 0 Å². The largest absolute Gasteiger partial charge is 0.492 e. The molecular formula is C14H23N3O2S. The van der Waals surface area contributed by atoms with Crippen molar-refractivity contribution in [2.24, 2.45) is 0 Å². The first-order valence-electron chi connectivity index (χ1n) is 6.99. The van der Waals surface area contributed by atoms with Crippen molar-refractivity contribution in [3.8, 4) is 5.75 Å². The van der Waals surface area contributed by atoms with Crippen LogP contribution in [0.2, 0.25) is 0 Å². The molecule has 0 spiro atoms. The quantitative estimate of drug-likeness (QED) is 0.896. The second-order valence-electron chi connectivity index (χ2n) is 5.39. The molecular weight excluding hydrogens is 274 g/mol. The third-order valence-electron chi connectivity index (χ3n) is 3.64. The second-order valence-corrected chi connectivity index (χ2v) is 6.41. The maximum atomic E-state index is 12.1. The zero-order valence-corrected chi connectivity index (χ0v) is 13.2. The highest BCUT2D eigenvalue weighted by atomic mass is 32.1. The van der Waals surface area contributed by atoms with Crippen molar-refractivity contribution in [1.82, 2.24) is 4.90 Å². The van der Waals surface area contributed by atoms with Gasteiger partial charge in [-0.15, -0.1) is 11.3 Å². The van der Waals surface area contributed by atoms with E-state index in [-0.39, 0.29) is 5.91 Å². The lowest BCUT2D eigenvalue weighted by atomic mass is 9.96. The fourth-order valence-corrected chi connectivity index (χ4v) is 3.71. The van der Waals surface area contributed by atoms with Crippen LogP contribution in [0.1, 0.15) is 41.8 Å². The molecule has 6 heteroatoms. The molecule has 1 aromatic rings. The number of hydrogen-bond donors (Lipinski definition) is 2. The average Bonchev–Trinajstić information content (AvgIpc) is 2.75. The first-order valence-corrected chi connectivity index (χ1v) is 7.80. The molecule has 3 N–H and O–H groups in total. The summed E-state index contributed by atoms with van der Waals surface area (Å²) < 4.78 is 5.38. The minimum absolute atomic E-state index is 0.0810. The number of carbonyl (C=O) groups is 1. The number of thiophene rings is 1. The third-order valence-corrected chi connectivity index (χ3v) is 4.75. The van der Waals surface area contributed by atoms with Crippen molar-refractivity contribution < 1.29 is 9.53 Å². The summed E-state index contributed by atoms with van der Waals surface area (Å²) in [6.45, 7) is 0. The van der Waals surface area contributed by atoms with E-state index in [1.165, 1.54) is 35.5 Å². The SMILES string of the molecule is COc1c(NC2CCCCC2)sc(C(=O)N(C)C)c1N. The highest BCUT2D eigenvalue weighted by molar-refractivity contribution is 7.19. The first-order chi connectivity index (χ1) is 9.54. The van der Waals surface area contributed by atoms with E-state index in [0.29, 0.717) is 22.4 Å². The van der Waals surface area contributed by atoms with Gasteiger partial charge in [-0.25, -0.2) is 0 Å². The maximum absolute atomic E-state index is 12.1. The predicted octanol–water partition coefficient (Wildman–Crippen LogP) is 2.79. The lowest BCUT2D eigenvalue weighted by Crippen LogP contribution is -2.22. The molecule has 0 unspecified atom stereocenters. The van der Waals surface area contributed by atoms with Gasteiger partial charge in [0.2, 0.25) is 0 Å². The monoisotopic (exact) mass is 297 g/mol. The Kier molecular flexibility index (Phi) is 4.75. The normalized spacial score (nSPS) is 15.9. The van der Waals surface area contributed by atoms with Gasteiger partial charge in [0.1, 0.15) is 15.6 Å². The molecule has 1 heterocycles. The lowest BCUT2D eigenvalue weighted by molar-refractivity contribution is 0.0833. The number of nitrogens with zero attached hydrogens (tertiary/aromatic N) is 1. The molecule has 0 aliphatic heterocycles. The van der Waals surface area contributed by atoms with Gasteiger partial charge in [-0.1, -0.05) is 19.3 Å². The fourth-order valence-electron chi connectivity index (χ4n) is 2.52. The molecule has 0 radical (unpaired) electrons. The molecule has 0 atom stereocenters. The Bertz CT molecular complexity index is 479. The van der Waals surface area contributed by atoms with Crippen LogP contribution in [0.3, 0.4) is 0 Å². The van der Waals surface area contributed by atoms with E-state index in [4.69, 9.17) is 10.5 Å². The van der Waals surface area contributed by atoms with Crippen LogP contribution in [0.4, 0.5) is 10.7 Å². The Hall–Kier alpha value is -1.43. The number of anilines is 2. The van der Waals surface area contributed by atoms with Crippen LogP contribution >= 0.6 is 11.3 Å². The summed E-state index contributed by atoms with van der Waals surface area (Å²) in [4.78, 5) is 14.2. The summed E-state index contributed by atoms with van der Waals surface area (Å²) in [5, 5.41) is 4.38. The highest BCUT2D eigenvalue weighted by Gasteiger charge is 2.24. The number of carbonyl (C=O) groups excluding carboxylic acids is 1. The number of hydrogen-bond acceptors (Lipinski definition) is 5. The summed E-state index contributed by atoms with van der Waals surface area (Å²) in [5.74, 6) is 0.522. The fraction of sp³-hybridized carbons (Fsp3) is 0.643. The summed E-state index contributed by atoms with van der Waals surface area (Å²) in [6, 6.07) is 0.456. The molecule has 0 bridgehead atoms. The van der Waals surface area contributed by atoms with E-state index in [2.05, 4.69) is 5.32 Å². The number of methoxy groups -OCH3 is 1. The van der Waals surface area contributed by atoms with E-state index in [9.17, 15) is 4.79 Å². The number of rotatable bonds is 4. The molecule has 1 amide bonds. The number of nitrogens with two attached hydrogens (primary N) is 1. The molecule has 0 aromatic carbocycles.